The Balaban J connectivity index is 3.06. The SMILES string of the molecule is COc1ccc(/C=C(/C)C(C)N)cc1OC(F)F. The average Bonchev–Trinajstić information content (AvgIpc) is 2.28. The number of rotatable bonds is 5. The number of nitrogens with two attached hydrogens (primary N) is 1. The van der Waals surface area contributed by atoms with E-state index in [0.717, 1.165) is 11.1 Å². The number of hydrogen-bond donors (Lipinski definition) is 1. The summed E-state index contributed by atoms with van der Waals surface area (Å²) in [5.74, 6) is 0.282. The van der Waals surface area contributed by atoms with E-state index in [1.165, 1.54) is 13.2 Å². The molecule has 1 rings (SSSR count). The van der Waals surface area contributed by atoms with Crippen molar-refractivity contribution in [2.24, 2.45) is 5.73 Å². The number of ether oxygens (including phenoxy) is 2. The van der Waals surface area contributed by atoms with Crippen LogP contribution in [0.3, 0.4) is 0 Å². The molecule has 0 fully saturated rings. The third kappa shape index (κ3) is 4.00. The molecule has 0 saturated carbocycles. The molecule has 3 nitrogen and oxygen atoms in total. The molecule has 0 radical (unpaired) electrons. The van der Waals surface area contributed by atoms with Crippen molar-refractivity contribution in [2.45, 2.75) is 26.5 Å². The lowest BCUT2D eigenvalue weighted by Gasteiger charge is -2.11. The Hall–Kier alpha value is -1.62. The number of halogens is 2. The van der Waals surface area contributed by atoms with E-state index in [0.29, 0.717) is 0 Å². The zero-order valence-electron chi connectivity index (χ0n) is 10.6. The summed E-state index contributed by atoms with van der Waals surface area (Å²) in [5.41, 5.74) is 7.40. The summed E-state index contributed by atoms with van der Waals surface area (Å²) >= 11 is 0. The van der Waals surface area contributed by atoms with Crippen molar-refractivity contribution in [1.82, 2.24) is 0 Å². The van der Waals surface area contributed by atoms with Crippen molar-refractivity contribution in [3.63, 3.8) is 0 Å². The molecule has 1 aromatic carbocycles. The first kappa shape index (κ1) is 14.4. The van der Waals surface area contributed by atoms with Crippen LogP contribution in [0.4, 0.5) is 8.78 Å². The van der Waals surface area contributed by atoms with Crippen LogP contribution in [0, 0.1) is 0 Å². The van der Waals surface area contributed by atoms with Gasteiger partial charge >= 0.3 is 6.61 Å². The second kappa shape index (κ2) is 6.35. The summed E-state index contributed by atoms with van der Waals surface area (Å²) < 4.78 is 33.8. The Morgan fingerprint density at radius 1 is 1.33 bits per heavy atom. The van der Waals surface area contributed by atoms with E-state index in [9.17, 15) is 8.78 Å². The fraction of sp³-hybridized carbons (Fsp3) is 0.385. The quantitative estimate of drug-likeness (QED) is 0.881. The van der Waals surface area contributed by atoms with Crippen molar-refractivity contribution in [1.29, 1.82) is 0 Å². The van der Waals surface area contributed by atoms with Crippen LogP contribution in [-0.4, -0.2) is 19.8 Å². The zero-order valence-corrected chi connectivity index (χ0v) is 10.6. The fourth-order valence-corrected chi connectivity index (χ4v) is 1.37. The van der Waals surface area contributed by atoms with Gasteiger partial charge in [0.1, 0.15) is 0 Å². The summed E-state index contributed by atoms with van der Waals surface area (Å²) in [4.78, 5) is 0. The Labute approximate surface area is 105 Å². The normalized spacial score (nSPS) is 13.6. The van der Waals surface area contributed by atoms with Crippen LogP contribution in [-0.2, 0) is 0 Å². The van der Waals surface area contributed by atoms with Crippen LogP contribution < -0.4 is 15.2 Å². The Kier molecular flexibility index (Phi) is 5.09. The minimum Gasteiger partial charge on any atom is -0.493 e. The van der Waals surface area contributed by atoms with Crippen molar-refractivity contribution in [3.05, 3.63) is 29.3 Å². The van der Waals surface area contributed by atoms with Gasteiger partial charge in [-0.15, -0.1) is 0 Å². The lowest BCUT2D eigenvalue weighted by molar-refractivity contribution is -0.0512. The highest BCUT2D eigenvalue weighted by Gasteiger charge is 2.10. The Bertz CT molecular complexity index is 431. The molecule has 5 heteroatoms. The van der Waals surface area contributed by atoms with Gasteiger partial charge in [-0.3, -0.25) is 0 Å². The third-order valence-corrected chi connectivity index (χ3v) is 2.52. The molecule has 0 aliphatic carbocycles. The Morgan fingerprint density at radius 2 is 2.00 bits per heavy atom. The van der Waals surface area contributed by atoms with Gasteiger partial charge in [0.2, 0.25) is 0 Å². The van der Waals surface area contributed by atoms with Crippen LogP contribution in [0.25, 0.3) is 6.08 Å². The van der Waals surface area contributed by atoms with Gasteiger partial charge in [-0.05, 0) is 31.5 Å². The van der Waals surface area contributed by atoms with Crippen molar-refractivity contribution >= 4 is 6.08 Å². The summed E-state index contributed by atoms with van der Waals surface area (Å²) in [6, 6.07) is 4.74. The number of alkyl halides is 2. The molecule has 0 heterocycles. The van der Waals surface area contributed by atoms with Gasteiger partial charge in [-0.1, -0.05) is 17.7 Å². The highest BCUT2D eigenvalue weighted by Crippen LogP contribution is 2.30. The number of hydrogen-bond acceptors (Lipinski definition) is 3. The molecular formula is C13H17F2NO2. The average molecular weight is 257 g/mol. The predicted molar refractivity (Wildman–Crippen MR) is 66.9 cm³/mol. The molecule has 18 heavy (non-hydrogen) atoms. The van der Waals surface area contributed by atoms with E-state index >= 15 is 0 Å². The van der Waals surface area contributed by atoms with Gasteiger partial charge in [0, 0.05) is 6.04 Å². The van der Waals surface area contributed by atoms with Gasteiger partial charge in [-0.25, -0.2) is 0 Å². The van der Waals surface area contributed by atoms with Gasteiger partial charge in [0.25, 0.3) is 0 Å². The van der Waals surface area contributed by atoms with E-state index in [1.807, 2.05) is 19.9 Å². The highest BCUT2D eigenvalue weighted by atomic mass is 19.3. The van der Waals surface area contributed by atoms with E-state index < -0.39 is 6.61 Å². The summed E-state index contributed by atoms with van der Waals surface area (Å²) in [7, 11) is 1.40. The van der Waals surface area contributed by atoms with E-state index in [2.05, 4.69) is 4.74 Å². The van der Waals surface area contributed by atoms with Gasteiger partial charge in [-0.2, -0.15) is 8.78 Å². The lowest BCUT2D eigenvalue weighted by atomic mass is 10.1. The molecule has 100 valence electrons. The molecule has 0 spiro atoms. The molecular weight excluding hydrogens is 240 g/mol. The molecule has 1 unspecified atom stereocenters. The lowest BCUT2D eigenvalue weighted by Crippen LogP contribution is -2.15. The first-order chi connectivity index (χ1) is 8.43. The van der Waals surface area contributed by atoms with Crippen LogP contribution in [0.5, 0.6) is 11.5 Å². The minimum absolute atomic E-state index is 0.0127. The van der Waals surface area contributed by atoms with Gasteiger partial charge in [0.05, 0.1) is 7.11 Å². The monoisotopic (exact) mass is 257 g/mol. The number of benzene rings is 1. The molecule has 0 aliphatic rings. The first-order valence-corrected chi connectivity index (χ1v) is 5.50. The van der Waals surface area contributed by atoms with Crippen LogP contribution in [0.15, 0.2) is 23.8 Å². The molecule has 1 atom stereocenters. The van der Waals surface area contributed by atoms with E-state index in [1.54, 1.807) is 12.1 Å². The van der Waals surface area contributed by atoms with Crippen molar-refractivity contribution < 1.29 is 18.3 Å². The first-order valence-electron chi connectivity index (χ1n) is 5.50. The molecule has 0 saturated heterocycles. The van der Waals surface area contributed by atoms with E-state index in [4.69, 9.17) is 10.5 Å². The molecule has 1 aromatic rings. The summed E-state index contributed by atoms with van der Waals surface area (Å²) in [5, 5.41) is 0. The second-order valence-electron chi connectivity index (χ2n) is 3.97. The maximum atomic E-state index is 12.2. The molecule has 0 amide bonds. The predicted octanol–water partition coefficient (Wildman–Crippen LogP) is 3.05. The third-order valence-electron chi connectivity index (χ3n) is 2.52. The fourth-order valence-electron chi connectivity index (χ4n) is 1.37. The number of methoxy groups -OCH3 is 1. The zero-order chi connectivity index (χ0) is 13.7. The van der Waals surface area contributed by atoms with Crippen LogP contribution in [0.1, 0.15) is 19.4 Å². The molecule has 2 N–H and O–H groups in total. The maximum Gasteiger partial charge on any atom is 0.387 e. The van der Waals surface area contributed by atoms with Crippen molar-refractivity contribution in [2.75, 3.05) is 7.11 Å². The smallest absolute Gasteiger partial charge is 0.387 e. The molecule has 0 bridgehead atoms. The minimum atomic E-state index is -2.88. The van der Waals surface area contributed by atoms with Crippen LogP contribution >= 0.6 is 0 Å². The standard InChI is InChI=1S/C13H17F2NO2/c1-8(9(2)16)6-10-4-5-11(17-3)12(7-10)18-13(14)15/h4-7,9,13H,16H2,1-3H3/b8-6-. The highest BCUT2D eigenvalue weighted by molar-refractivity contribution is 5.58. The maximum absolute atomic E-state index is 12.2. The van der Waals surface area contributed by atoms with Crippen molar-refractivity contribution in [3.8, 4) is 11.5 Å². The van der Waals surface area contributed by atoms with E-state index in [-0.39, 0.29) is 17.5 Å². The topological polar surface area (TPSA) is 44.5 Å². The van der Waals surface area contributed by atoms with Crippen LogP contribution in [0.2, 0.25) is 0 Å². The summed E-state index contributed by atoms with van der Waals surface area (Å²) in [6.07, 6.45) is 1.82. The largest absolute Gasteiger partial charge is 0.493 e. The Morgan fingerprint density at radius 3 is 2.50 bits per heavy atom. The van der Waals surface area contributed by atoms with Gasteiger partial charge in [0.15, 0.2) is 11.5 Å². The summed E-state index contributed by atoms with van der Waals surface area (Å²) in [6.45, 7) is 0.849. The second-order valence-corrected chi connectivity index (χ2v) is 3.97. The van der Waals surface area contributed by atoms with Gasteiger partial charge < -0.3 is 15.2 Å². The molecule has 0 aliphatic heterocycles. The molecule has 0 aromatic heterocycles.